The molecular formula is C22H18F3NO3. The predicted molar refractivity (Wildman–Crippen MR) is 102 cm³/mol. The van der Waals surface area contributed by atoms with E-state index in [2.05, 4.69) is 10.8 Å². The molecule has 7 heteroatoms. The number of methoxy groups -OCH3 is 2. The minimum absolute atomic E-state index is 0.108. The van der Waals surface area contributed by atoms with Crippen molar-refractivity contribution in [1.29, 1.82) is 5.26 Å². The normalized spacial score (nSPS) is 11.4. The van der Waals surface area contributed by atoms with E-state index in [0.717, 1.165) is 10.9 Å². The number of nitrogens with zero attached hydrogens (tertiary/aromatic N) is 1. The number of nitriles is 1. The van der Waals surface area contributed by atoms with Crippen molar-refractivity contribution in [2.75, 3.05) is 14.2 Å². The summed E-state index contributed by atoms with van der Waals surface area (Å²) in [4.78, 5) is 0. The Hall–Kier alpha value is -3.08. The lowest BCUT2D eigenvalue weighted by molar-refractivity contribution is -0.274. The van der Waals surface area contributed by atoms with Crippen molar-refractivity contribution in [2.24, 2.45) is 0 Å². The lowest BCUT2D eigenvalue weighted by Gasteiger charge is -2.19. The highest BCUT2D eigenvalue weighted by Gasteiger charge is 2.33. The topological polar surface area (TPSA) is 51.5 Å². The van der Waals surface area contributed by atoms with Gasteiger partial charge in [-0.15, -0.1) is 13.2 Å². The van der Waals surface area contributed by atoms with Gasteiger partial charge in [0.1, 0.15) is 5.75 Å². The van der Waals surface area contributed by atoms with Gasteiger partial charge in [0.05, 0.1) is 24.8 Å². The highest BCUT2D eigenvalue weighted by Crippen LogP contribution is 2.41. The van der Waals surface area contributed by atoms with E-state index in [0.29, 0.717) is 27.6 Å². The van der Waals surface area contributed by atoms with Gasteiger partial charge in [-0.25, -0.2) is 0 Å². The van der Waals surface area contributed by atoms with Crippen LogP contribution in [0, 0.1) is 11.3 Å². The molecule has 0 amide bonds. The van der Waals surface area contributed by atoms with E-state index in [1.54, 1.807) is 30.3 Å². The van der Waals surface area contributed by atoms with E-state index in [1.807, 2.05) is 6.07 Å². The second kappa shape index (κ2) is 8.52. The average molecular weight is 401 g/mol. The van der Waals surface area contributed by atoms with Crippen molar-refractivity contribution in [2.45, 2.75) is 19.6 Å². The van der Waals surface area contributed by atoms with Crippen molar-refractivity contribution in [3.8, 4) is 22.9 Å². The molecular weight excluding hydrogens is 383 g/mol. The third-order valence-corrected chi connectivity index (χ3v) is 4.36. The first-order valence-electron chi connectivity index (χ1n) is 8.69. The first-order valence-corrected chi connectivity index (χ1v) is 8.69. The Labute approximate surface area is 166 Å². The van der Waals surface area contributed by atoms with Gasteiger partial charge < -0.3 is 14.2 Å². The molecule has 0 aliphatic heterocycles. The lowest BCUT2D eigenvalue weighted by Crippen LogP contribution is -2.18. The van der Waals surface area contributed by atoms with E-state index in [1.165, 1.54) is 26.4 Å². The Morgan fingerprint density at radius 3 is 2.38 bits per heavy atom. The van der Waals surface area contributed by atoms with Gasteiger partial charge in [0, 0.05) is 19.8 Å². The molecule has 0 heterocycles. The number of fused-ring (bicyclic) bond motifs is 1. The molecule has 4 nitrogen and oxygen atoms in total. The summed E-state index contributed by atoms with van der Waals surface area (Å²) >= 11 is 0. The van der Waals surface area contributed by atoms with Gasteiger partial charge in [0.25, 0.3) is 0 Å². The standard InChI is InChI=1S/C22H18F3NO3/c1-27-12-15-9-17-8-14(11-26)6-7-18(17)19(10-15)21-16(13-28-2)4-3-5-20(21)29-22(23,24)25/h3-10H,12-13H2,1-2H3. The summed E-state index contributed by atoms with van der Waals surface area (Å²) in [5.74, 6) is -0.313. The van der Waals surface area contributed by atoms with Crippen molar-refractivity contribution in [1.82, 2.24) is 0 Å². The summed E-state index contributed by atoms with van der Waals surface area (Å²) in [6.45, 7) is 0.373. The second-order valence-corrected chi connectivity index (χ2v) is 6.40. The molecule has 0 atom stereocenters. The largest absolute Gasteiger partial charge is 0.573 e. The number of hydrogen-bond donors (Lipinski definition) is 0. The quantitative estimate of drug-likeness (QED) is 0.542. The molecule has 0 bridgehead atoms. The zero-order valence-electron chi connectivity index (χ0n) is 15.8. The lowest BCUT2D eigenvalue weighted by atomic mass is 9.91. The molecule has 3 rings (SSSR count). The zero-order chi connectivity index (χ0) is 21.0. The number of benzene rings is 3. The van der Waals surface area contributed by atoms with Crippen LogP contribution in [0.25, 0.3) is 21.9 Å². The van der Waals surface area contributed by atoms with E-state index in [9.17, 15) is 18.4 Å². The number of alkyl halides is 3. The summed E-state index contributed by atoms with van der Waals surface area (Å²) in [6, 6.07) is 15.2. The van der Waals surface area contributed by atoms with Crippen LogP contribution in [0.5, 0.6) is 5.75 Å². The van der Waals surface area contributed by atoms with Crippen LogP contribution in [0.1, 0.15) is 16.7 Å². The molecule has 0 fully saturated rings. The smallest absolute Gasteiger partial charge is 0.405 e. The van der Waals surface area contributed by atoms with Crippen LogP contribution in [-0.2, 0) is 22.7 Å². The highest BCUT2D eigenvalue weighted by molar-refractivity contribution is 6.00. The minimum atomic E-state index is -4.84. The molecule has 0 N–H and O–H groups in total. The summed E-state index contributed by atoms with van der Waals surface area (Å²) < 4.78 is 53.9. The first kappa shape index (κ1) is 20.6. The van der Waals surface area contributed by atoms with Gasteiger partial charge in [0.2, 0.25) is 0 Å². The zero-order valence-corrected chi connectivity index (χ0v) is 15.8. The molecule has 0 aliphatic rings. The van der Waals surface area contributed by atoms with Crippen molar-refractivity contribution >= 4 is 10.8 Å². The molecule has 3 aromatic rings. The molecule has 0 aromatic heterocycles. The monoisotopic (exact) mass is 401 g/mol. The van der Waals surface area contributed by atoms with Crippen molar-refractivity contribution in [3.63, 3.8) is 0 Å². The fourth-order valence-corrected chi connectivity index (χ4v) is 3.33. The second-order valence-electron chi connectivity index (χ2n) is 6.40. The Balaban J connectivity index is 2.35. The maximum absolute atomic E-state index is 13.1. The maximum atomic E-state index is 13.1. The van der Waals surface area contributed by atoms with Crippen LogP contribution in [0.15, 0.2) is 48.5 Å². The molecule has 0 aliphatic carbocycles. The van der Waals surface area contributed by atoms with Crippen LogP contribution in [0.3, 0.4) is 0 Å². The van der Waals surface area contributed by atoms with Crippen molar-refractivity contribution < 1.29 is 27.4 Å². The molecule has 3 aromatic carbocycles. The van der Waals surface area contributed by atoms with Crippen LogP contribution in [0.4, 0.5) is 13.2 Å². The van der Waals surface area contributed by atoms with E-state index < -0.39 is 6.36 Å². The van der Waals surface area contributed by atoms with Crippen LogP contribution in [-0.4, -0.2) is 20.6 Å². The fourth-order valence-electron chi connectivity index (χ4n) is 3.33. The maximum Gasteiger partial charge on any atom is 0.573 e. The number of halogens is 3. The Kier molecular flexibility index (Phi) is 6.06. The molecule has 0 radical (unpaired) electrons. The fraction of sp³-hybridized carbons (Fsp3) is 0.227. The number of hydrogen-bond acceptors (Lipinski definition) is 4. The SMILES string of the molecule is COCc1cc(-c2c(COC)cccc2OC(F)(F)F)c2ccc(C#N)cc2c1. The third-order valence-electron chi connectivity index (χ3n) is 4.36. The molecule has 0 saturated carbocycles. The van der Waals surface area contributed by atoms with Crippen LogP contribution < -0.4 is 4.74 Å². The minimum Gasteiger partial charge on any atom is -0.405 e. The average Bonchev–Trinajstić information content (AvgIpc) is 2.66. The number of rotatable bonds is 6. The summed E-state index contributed by atoms with van der Waals surface area (Å²) in [5, 5.41) is 10.6. The van der Waals surface area contributed by atoms with Gasteiger partial charge in [-0.3, -0.25) is 0 Å². The molecule has 29 heavy (non-hydrogen) atoms. The van der Waals surface area contributed by atoms with Crippen LogP contribution >= 0.6 is 0 Å². The Bertz CT molecular complexity index is 1070. The first-order chi connectivity index (χ1) is 13.9. The van der Waals surface area contributed by atoms with E-state index in [4.69, 9.17) is 9.47 Å². The summed E-state index contributed by atoms with van der Waals surface area (Å²) in [7, 11) is 3.01. The Morgan fingerprint density at radius 1 is 0.966 bits per heavy atom. The highest BCUT2D eigenvalue weighted by atomic mass is 19.4. The summed E-state index contributed by atoms with van der Waals surface area (Å²) in [6.07, 6.45) is -4.84. The van der Waals surface area contributed by atoms with Gasteiger partial charge >= 0.3 is 6.36 Å². The molecule has 0 unspecified atom stereocenters. The van der Waals surface area contributed by atoms with Gasteiger partial charge in [-0.05, 0) is 57.8 Å². The number of ether oxygens (including phenoxy) is 3. The molecule has 0 spiro atoms. The molecule has 0 saturated heterocycles. The van der Waals surface area contributed by atoms with Gasteiger partial charge in [-0.1, -0.05) is 18.2 Å². The van der Waals surface area contributed by atoms with E-state index >= 15 is 0 Å². The van der Waals surface area contributed by atoms with Crippen molar-refractivity contribution in [3.05, 3.63) is 65.2 Å². The third kappa shape index (κ3) is 4.67. The van der Waals surface area contributed by atoms with Crippen LogP contribution in [0.2, 0.25) is 0 Å². The Morgan fingerprint density at radius 2 is 1.72 bits per heavy atom. The van der Waals surface area contributed by atoms with Gasteiger partial charge in [0.15, 0.2) is 0 Å². The van der Waals surface area contributed by atoms with Gasteiger partial charge in [-0.2, -0.15) is 5.26 Å². The summed E-state index contributed by atoms with van der Waals surface area (Å²) in [5.41, 5.74) is 2.60. The van der Waals surface area contributed by atoms with E-state index in [-0.39, 0.29) is 19.0 Å². The predicted octanol–water partition coefficient (Wildman–Crippen LogP) is 5.57. The molecule has 150 valence electrons.